The molecule has 19 heavy (non-hydrogen) atoms. The summed E-state index contributed by atoms with van der Waals surface area (Å²) in [5, 5.41) is 0. The molecule has 106 valence electrons. The second-order valence-corrected chi connectivity index (χ2v) is 4.24. The quantitative estimate of drug-likeness (QED) is 0.704. The summed E-state index contributed by atoms with van der Waals surface area (Å²) in [6.07, 6.45) is 0.374. The summed E-state index contributed by atoms with van der Waals surface area (Å²) in [7, 11) is 6.61. The van der Waals surface area contributed by atoms with E-state index in [1.807, 2.05) is 30.1 Å². The molecule has 0 aliphatic rings. The zero-order chi connectivity index (χ0) is 14.3. The highest BCUT2D eigenvalue weighted by Gasteiger charge is 2.09. The smallest absolute Gasteiger partial charge is 0.306 e. The SMILES string of the molecule is COC(=O)CCN(C)Cc1cc(OC)ccc1OC. The first-order valence-electron chi connectivity index (χ1n) is 6.07. The maximum atomic E-state index is 11.1. The molecular formula is C14H21NO4. The number of methoxy groups -OCH3 is 3. The van der Waals surface area contributed by atoms with Gasteiger partial charge in [0.05, 0.1) is 27.8 Å². The molecule has 5 heteroatoms. The molecule has 0 amide bonds. The van der Waals surface area contributed by atoms with Gasteiger partial charge in [0.2, 0.25) is 0 Å². The maximum absolute atomic E-state index is 11.1. The molecule has 0 aromatic heterocycles. The van der Waals surface area contributed by atoms with E-state index in [0.717, 1.165) is 17.1 Å². The molecule has 0 atom stereocenters. The van der Waals surface area contributed by atoms with Gasteiger partial charge < -0.3 is 19.1 Å². The number of ether oxygens (including phenoxy) is 3. The van der Waals surface area contributed by atoms with Gasteiger partial charge in [-0.05, 0) is 25.2 Å². The summed E-state index contributed by atoms with van der Waals surface area (Å²) >= 11 is 0. The topological polar surface area (TPSA) is 48.0 Å². The Morgan fingerprint density at radius 3 is 2.53 bits per heavy atom. The van der Waals surface area contributed by atoms with E-state index in [2.05, 4.69) is 4.74 Å². The molecule has 0 aliphatic heterocycles. The van der Waals surface area contributed by atoms with Crippen molar-refractivity contribution in [2.75, 3.05) is 34.9 Å². The lowest BCUT2D eigenvalue weighted by Crippen LogP contribution is -2.22. The van der Waals surface area contributed by atoms with Crippen molar-refractivity contribution in [1.29, 1.82) is 0 Å². The lowest BCUT2D eigenvalue weighted by Gasteiger charge is -2.18. The second-order valence-electron chi connectivity index (χ2n) is 4.24. The number of hydrogen-bond donors (Lipinski definition) is 0. The Kier molecular flexibility index (Phi) is 6.15. The van der Waals surface area contributed by atoms with Gasteiger partial charge in [0.25, 0.3) is 0 Å². The minimum atomic E-state index is -0.204. The summed E-state index contributed by atoms with van der Waals surface area (Å²) in [5.74, 6) is 1.40. The molecule has 0 saturated carbocycles. The monoisotopic (exact) mass is 267 g/mol. The van der Waals surface area contributed by atoms with Crippen LogP contribution in [0.2, 0.25) is 0 Å². The van der Waals surface area contributed by atoms with Gasteiger partial charge in [0, 0.05) is 18.7 Å². The van der Waals surface area contributed by atoms with E-state index in [-0.39, 0.29) is 5.97 Å². The van der Waals surface area contributed by atoms with Crippen LogP contribution in [-0.2, 0) is 16.1 Å². The number of rotatable bonds is 7. The van der Waals surface area contributed by atoms with Crippen LogP contribution in [-0.4, -0.2) is 45.8 Å². The fourth-order valence-electron chi connectivity index (χ4n) is 1.76. The average Bonchev–Trinajstić information content (AvgIpc) is 2.44. The van der Waals surface area contributed by atoms with E-state index in [1.165, 1.54) is 7.11 Å². The predicted octanol–water partition coefficient (Wildman–Crippen LogP) is 1.70. The highest BCUT2D eigenvalue weighted by molar-refractivity contribution is 5.69. The van der Waals surface area contributed by atoms with E-state index in [0.29, 0.717) is 19.5 Å². The van der Waals surface area contributed by atoms with Crippen LogP contribution < -0.4 is 9.47 Å². The van der Waals surface area contributed by atoms with E-state index >= 15 is 0 Å². The number of hydrogen-bond acceptors (Lipinski definition) is 5. The highest BCUT2D eigenvalue weighted by atomic mass is 16.5. The van der Waals surface area contributed by atoms with Gasteiger partial charge in [0.1, 0.15) is 11.5 Å². The lowest BCUT2D eigenvalue weighted by molar-refractivity contribution is -0.140. The van der Waals surface area contributed by atoms with Crippen LogP contribution in [0.15, 0.2) is 18.2 Å². The summed E-state index contributed by atoms with van der Waals surface area (Å²) in [4.78, 5) is 13.1. The van der Waals surface area contributed by atoms with Crippen LogP contribution in [0.1, 0.15) is 12.0 Å². The number of carbonyl (C=O) groups excluding carboxylic acids is 1. The van der Waals surface area contributed by atoms with Gasteiger partial charge >= 0.3 is 5.97 Å². The third-order valence-corrected chi connectivity index (χ3v) is 2.85. The van der Waals surface area contributed by atoms with Crippen LogP contribution in [0.25, 0.3) is 0 Å². The van der Waals surface area contributed by atoms with Crippen LogP contribution in [0.3, 0.4) is 0 Å². The third kappa shape index (κ3) is 4.79. The van der Waals surface area contributed by atoms with Crippen molar-refractivity contribution in [2.24, 2.45) is 0 Å². The van der Waals surface area contributed by atoms with Crippen molar-refractivity contribution in [3.05, 3.63) is 23.8 Å². The number of benzene rings is 1. The van der Waals surface area contributed by atoms with Crippen molar-refractivity contribution >= 4 is 5.97 Å². The van der Waals surface area contributed by atoms with Gasteiger partial charge in [-0.15, -0.1) is 0 Å². The van der Waals surface area contributed by atoms with Crippen molar-refractivity contribution in [1.82, 2.24) is 4.90 Å². The normalized spacial score (nSPS) is 10.4. The average molecular weight is 267 g/mol. The standard InChI is InChI=1S/C14H21NO4/c1-15(8-7-14(16)19-4)10-11-9-12(17-2)5-6-13(11)18-3/h5-6,9H,7-8,10H2,1-4H3. The van der Waals surface area contributed by atoms with Gasteiger partial charge in [-0.3, -0.25) is 4.79 Å². The van der Waals surface area contributed by atoms with Crippen LogP contribution in [0.5, 0.6) is 11.5 Å². The molecule has 0 unspecified atom stereocenters. The largest absolute Gasteiger partial charge is 0.497 e. The molecular weight excluding hydrogens is 246 g/mol. The van der Waals surface area contributed by atoms with Crippen LogP contribution in [0, 0.1) is 0 Å². The first-order valence-corrected chi connectivity index (χ1v) is 6.07. The Bertz CT molecular complexity index is 420. The van der Waals surface area contributed by atoms with E-state index in [1.54, 1.807) is 14.2 Å². The fourth-order valence-corrected chi connectivity index (χ4v) is 1.76. The number of nitrogens with zero attached hydrogens (tertiary/aromatic N) is 1. The predicted molar refractivity (Wildman–Crippen MR) is 72.5 cm³/mol. The van der Waals surface area contributed by atoms with Gasteiger partial charge in [0.15, 0.2) is 0 Å². The zero-order valence-electron chi connectivity index (χ0n) is 11.9. The molecule has 0 spiro atoms. The Labute approximate surface area is 114 Å². The van der Waals surface area contributed by atoms with Crippen LogP contribution >= 0.6 is 0 Å². The summed E-state index contributed by atoms with van der Waals surface area (Å²) in [5.41, 5.74) is 1.02. The zero-order valence-corrected chi connectivity index (χ0v) is 11.9. The second kappa shape index (κ2) is 7.63. The van der Waals surface area contributed by atoms with Crippen molar-refractivity contribution in [3.8, 4) is 11.5 Å². The molecule has 0 radical (unpaired) electrons. The van der Waals surface area contributed by atoms with Crippen molar-refractivity contribution in [3.63, 3.8) is 0 Å². The minimum absolute atomic E-state index is 0.204. The van der Waals surface area contributed by atoms with Crippen molar-refractivity contribution < 1.29 is 19.0 Å². The molecule has 1 aromatic carbocycles. The molecule has 1 aromatic rings. The minimum Gasteiger partial charge on any atom is -0.497 e. The Balaban J connectivity index is 2.66. The highest BCUT2D eigenvalue weighted by Crippen LogP contribution is 2.24. The number of carbonyl (C=O) groups is 1. The third-order valence-electron chi connectivity index (χ3n) is 2.85. The summed E-state index contributed by atoms with van der Waals surface area (Å²) in [6, 6.07) is 5.67. The maximum Gasteiger partial charge on any atom is 0.306 e. The molecule has 0 bridgehead atoms. The summed E-state index contributed by atoms with van der Waals surface area (Å²) in [6.45, 7) is 1.31. The molecule has 5 nitrogen and oxygen atoms in total. The summed E-state index contributed by atoms with van der Waals surface area (Å²) < 4.78 is 15.1. The van der Waals surface area contributed by atoms with Gasteiger partial charge in [-0.1, -0.05) is 0 Å². The fraction of sp³-hybridized carbons (Fsp3) is 0.500. The first kappa shape index (κ1) is 15.3. The number of esters is 1. The van der Waals surface area contributed by atoms with E-state index in [4.69, 9.17) is 9.47 Å². The molecule has 1 rings (SSSR count). The lowest BCUT2D eigenvalue weighted by atomic mass is 10.1. The van der Waals surface area contributed by atoms with Gasteiger partial charge in [-0.25, -0.2) is 0 Å². The molecule has 0 fully saturated rings. The van der Waals surface area contributed by atoms with Crippen LogP contribution in [0.4, 0.5) is 0 Å². The van der Waals surface area contributed by atoms with E-state index in [9.17, 15) is 4.79 Å². The Morgan fingerprint density at radius 1 is 1.21 bits per heavy atom. The van der Waals surface area contributed by atoms with Gasteiger partial charge in [-0.2, -0.15) is 0 Å². The Hall–Kier alpha value is -1.75. The first-order chi connectivity index (χ1) is 9.10. The molecule has 0 heterocycles. The Morgan fingerprint density at radius 2 is 1.95 bits per heavy atom. The molecule has 0 saturated heterocycles. The van der Waals surface area contributed by atoms with Crippen molar-refractivity contribution in [2.45, 2.75) is 13.0 Å². The molecule has 0 N–H and O–H groups in total. The molecule has 0 aliphatic carbocycles. The van der Waals surface area contributed by atoms with E-state index < -0.39 is 0 Å².